The van der Waals surface area contributed by atoms with Gasteiger partial charge in [-0.1, -0.05) is 6.92 Å². The molecule has 1 spiro atoms. The van der Waals surface area contributed by atoms with E-state index >= 15 is 0 Å². The van der Waals surface area contributed by atoms with Crippen LogP contribution in [0.2, 0.25) is 0 Å². The Labute approximate surface area is 140 Å². The number of fused-ring (bicyclic) bond motifs is 1. The highest BCUT2D eigenvalue weighted by Gasteiger charge is 2.64. The molecule has 2 fully saturated rings. The van der Waals surface area contributed by atoms with Gasteiger partial charge in [-0.05, 0) is 43.2 Å². The largest absolute Gasteiger partial charge is 0.472 e. The highest BCUT2D eigenvalue weighted by atomic mass is 16.6. The molecule has 5 atom stereocenters. The number of ether oxygens (including phenoxy) is 2. The van der Waals surface area contributed by atoms with E-state index in [1.165, 1.54) is 0 Å². The lowest BCUT2D eigenvalue weighted by Crippen LogP contribution is -2.49. The van der Waals surface area contributed by atoms with Crippen molar-refractivity contribution in [2.24, 2.45) is 17.3 Å². The molecule has 2 aliphatic heterocycles. The minimum absolute atomic E-state index is 0.0749. The first-order valence-corrected chi connectivity index (χ1v) is 8.78. The van der Waals surface area contributed by atoms with Gasteiger partial charge in [0.15, 0.2) is 0 Å². The van der Waals surface area contributed by atoms with Crippen molar-refractivity contribution < 1.29 is 23.5 Å². The van der Waals surface area contributed by atoms with Gasteiger partial charge in [0, 0.05) is 23.5 Å². The smallest absolute Gasteiger partial charge is 0.334 e. The minimum atomic E-state index is -0.534. The third-order valence-electron chi connectivity index (χ3n) is 6.62. The SMILES string of the molecule is C[C@@H]1C[C@@H]2OC(=O)C3=C2[C@H](CCC3)[C@@]12C[C@H](c1ccoc1)OC2=O. The van der Waals surface area contributed by atoms with E-state index in [0.29, 0.717) is 12.8 Å². The number of carbonyl (C=O) groups is 2. The van der Waals surface area contributed by atoms with Crippen molar-refractivity contribution in [3.05, 3.63) is 35.3 Å². The zero-order valence-electron chi connectivity index (χ0n) is 13.6. The zero-order chi connectivity index (χ0) is 16.5. The van der Waals surface area contributed by atoms with Crippen LogP contribution in [-0.4, -0.2) is 18.0 Å². The monoisotopic (exact) mass is 328 g/mol. The van der Waals surface area contributed by atoms with E-state index in [4.69, 9.17) is 13.9 Å². The highest BCUT2D eigenvalue weighted by Crippen LogP contribution is 2.62. The van der Waals surface area contributed by atoms with Gasteiger partial charge < -0.3 is 13.9 Å². The molecule has 5 nitrogen and oxygen atoms in total. The summed E-state index contributed by atoms with van der Waals surface area (Å²) < 4.78 is 16.6. The first-order valence-electron chi connectivity index (χ1n) is 8.78. The lowest BCUT2D eigenvalue weighted by Gasteiger charge is -2.47. The molecular weight excluding hydrogens is 308 g/mol. The fourth-order valence-corrected chi connectivity index (χ4v) is 5.48. The van der Waals surface area contributed by atoms with Crippen molar-refractivity contribution in [1.29, 1.82) is 0 Å². The molecule has 0 N–H and O–H groups in total. The number of esters is 2. The van der Waals surface area contributed by atoms with Gasteiger partial charge in [0.05, 0.1) is 17.9 Å². The second-order valence-corrected chi connectivity index (χ2v) is 7.60. The quantitative estimate of drug-likeness (QED) is 0.740. The number of rotatable bonds is 1. The summed E-state index contributed by atoms with van der Waals surface area (Å²) in [5.74, 6) is -0.0730. The highest BCUT2D eigenvalue weighted by molar-refractivity contribution is 5.93. The molecule has 1 aromatic heterocycles. The van der Waals surface area contributed by atoms with Gasteiger partial charge in [0.25, 0.3) is 0 Å². The molecule has 1 saturated carbocycles. The lowest BCUT2D eigenvalue weighted by molar-refractivity contribution is -0.156. The van der Waals surface area contributed by atoms with Gasteiger partial charge in [-0.15, -0.1) is 0 Å². The molecule has 0 bridgehead atoms. The van der Waals surface area contributed by atoms with Crippen LogP contribution in [0.1, 0.15) is 50.7 Å². The maximum absolute atomic E-state index is 13.0. The Kier molecular flexibility index (Phi) is 2.83. The van der Waals surface area contributed by atoms with Crippen molar-refractivity contribution in [1.82, 2.24) is 0 Å². The summed E-state index contributed by atoms with van der Waals surface area (Å²) in [5.41, 5.74) is 2.32. The maximum Gasteiger partial charge on any atom is 0.334 e. The molecular formula is C19H20O5. The van der Waals surface area contributed by atoms with Crippen molar-refractivity contribution in [3.8, 4) is 0 Å². The fraction of sp³-hybridized carbons (Fsp3) is 0.579. The summed E-state index contributed by atoms with van der Waals surface area (Å²) in [4.78, 5) is 25.2. The van der Waals surface area contributed by atoms with Crippen LogP contribution in [0, 0.1) is 17.3 Å². The van der Waals surface area contributed by atoms with Gasteiger partial charge in [-0.2, -0.15) is 0 Å². The average Bonchev–Trinajstić information content (AvgIpc) is 3.26. The Morgan fingerprint density at radius 1 is 1.21 bits per heavy atom. The van der Waals surface area contributed by atoms with Crippen molar-refractivity contribution in [2.75, 3.05) is 0 Å². The van der Waals surface area contributed by atoms with Gasteiger partial charge in [0.2, 0.25) is 0 Å². The molecule has 0 amide bonds. The number of cyclic esters (lactones) is 1. The first kappa shape index (κ1) is 14.3. The van der Waals surface area contributed by atoms with Crippen LogP contribution in [-0.2, 0) is 19.1 Å². The second-order valence-electron chi connectivity index (χ2n) is 7.60. The van der Waals surface area contributed by atoms with Crippen LogP contribution in [0.5, 0.6) is 0 Å². The van der Waals surface area contributed by atoms with E-state index in [-0.39, 0.29) is 36.0 Å². The Balaban J connectivity index is 1.59. The molecule has 1 aromatic rings. The molecule has 0 radical (unpaired) electrons. The minimum Gasteiger partial charge on any atom is -0.472 e. The Morgan fingerprint density at radius 2 is 2.08 bits per heavy atom. The van der Waals surface area contributed by atoms with Crippen LogP contribution in [0.3, 0.4) is 0 Å². The molecule has 1 saturated heterocycles. The summed E-state index contributed by atoms with van der Waals surface area (Å²) in [7, 11) is 0. The Hall–Kier alpha value is -2.04. The van der Waals surface area contributed by atoms with Crippen LogP contribution < -0.4 is 0 Å². The van der Waals surface area contributed by atoms with E-state index in [2.05, 4.69) is 6.92 Å². The molecule has 0 aromatic carbocycles. The average molecular weight is 328 g/mol. The number of furan rings is 1. The molecule has 4 aliphatic rings. The topological polar surface area (TPSA) is 65.7 Å². The van der Waals surface area contributed by atoms with Crippen LogP contribution >= 0.6 is 0 Å². The standard InChI is InChI=1S/C19H20O5/c1-10-7-14-16-12(17(20)23-14)3-2-4-13(16)19(10)8-15(24-18(19)21)11-5-6-22-9-11/h5-6,9-10,13-15H,2-4,7-8H2,1H3/t10-,13+,14+,15-,19-/m1/s1. The summed E-state index contributed by atoms with van der Waals surface area (Å²) >= 11 is 0. The number of hydrogen-bond donors (Lipinski definition) is 0. The molecule has 126 valence electrons. The molecule has 24 heavy (non-hydrogen) atoms. The van der Waals surface area contributed by atoms with E-state index in [0.717, 1.165) is 36.0 Å². The summed E-state index contributed by atoms with van der Waals surface area (Å²) in [5, 5.41) is 0. The van der Waals surface area contributed by atoms with Crippen molar-refractivity contribution in [2.45, 2.75) is 51.2 Å². The summed E-state index contributed by atoms with van der Waals surface area (Å²) in [6.07, 6.45) is 6.92. The lowest BCUT2D eigenvalue weighted by atomic mass is 9.54. The summed E-state index contributed by atoms with van der Waals surface area (Å²) in [6.45, 7) is 2.11. The van der Waals surface area contributed by atoms with E-state index in [1.807, 2.05) is 6.07 Å². The van der Waals surface area contributed by atoms with Crippen molar-refractivity contribution >= 4 is 11.9 Å². The van der Waals surface area contributed by atoms with E-state index in [1.54, 1.807) is 12.5 Å². The summed E-state index contributed by atoms with van der Waals surface area (Å²) in [6, 6.07) is 1.86. The predicted molar refractivity (Wildman–Crippen MR) is 82.6 cm³/mol. The Bertz CT molecular complexity index is 746. The second kappa shape index (κ2) is 4.74. The van der Waals surface area contributed by atoms with E-state index < -0.39 is 5.41 Å². The molecule has 0 unspecified atom stereocenters. The van der Waals surface area contributed by atoms with Gasteiger partial charge >= 0.3 is 11.9 Å². The van der Waals surface area contributed by atoms with Gasteiger partial charge in [-0.3, -0.25) is 4.79 Å². The molecule has 2 aliphatic carbocycles. The molecule has 3 heterocycles. The first-order chi connectivity index (χ1) is 11.6. The van der Waals surface area contributed by atoms with Gasteiger partial charge in [0.1, 0.15) is 12.2 Å². The predicted octanol–water partition coefficient (Wildman–Crippen LogP) is 3.32. The maximum atomic E-state index is 13.0. The third kappa shape index (κ3) is 1.65. The van der Waals surface area contributed by atoms with Crippen molar-refractivity contribution in [3.63, 3.8) is 0 Å². The Morgan fingerprint density at radius 3 is 2.88 bits per heavy atom. The number of carbonyl (C=O) groups excluding carboxylic acids is 2. The van der Waals surface area contributed by atoms with Gasteiger partial charge in [-0.25, -0.2) is 4.79 Å². The fourth-order valence-electron chi connectivity index (χ4n) is 5.48. The van der Waals surface area contributed by atoms with Crippen LogP contribution in [0.15, 0.2) is 34.2 Å². The molecule has 5 rings (SSSR count). The van der Waals surface area contributed by atoms with Crippen LogP contribution in [0.4, 0.5) is 0 Å². The normalized spacial score (nSPS) is 40.7. The third-order valence-corrected chi connectivity index (χ3v) is 6.62. The number of hydrogen-bond acceptors (Lipinski definition) is 5. The van der Waals surface area contributed by atoms with E-state index in [9.17, 15) is 9.59 Å². The molecule has 5 heteroatoms. The van der Waals surface area contributed by atoms with Crippen LogP contribution in [0.25, 0.3) is 0 Å². The zero-order valence-corrected chi connectivity index (χ0v) is 13.6.